The molecule has 2 unspecified atom stereocenters. The Kier molecular flexibility index (Phi) is 4.13. The largest absolute Gasteiger partial charge is 0.311 e. The zero-order chi connectivity index (χ0) is 14.0. The normalized spacial score (nSPS) is 30.5. The highest BCUT2D eigenvalue weighted by Crippen LogP contribution is 2.39. The molecule has 1 aromatic carbocycles. The molecule has 0 radical (unpaired) electrons. The summed E-state index contributed by atoms with van der Waals surface area (Å²) in [6, 6.07) is 12.3. The predicted molar refractivity (Wildman–Crippen MR) is 84.9 cm³/mol. The Hall–Kier alpha value is -0.860. The van der Waals surface area contributed by atoms with Crippen LogP contribution in [-0.4, -0.2) is 36.6 Å². The summed E-state index contributed by atoms with van der Waals surface area (Å²) in [5, 5.41) is 3.70. The Morgan fingerprint density at radius 3 is 2.75 bits per heavy atom. The van der Waals surface area contributed by atoms with Crippen molar-refractivity contribution in [1.82, 2.24) is 10.2 Å². The van der Waals surface area contributed by atoms with Crippen molar-refractivity contribution in [3.05, 3.63) is 35.9 Å². The van der Waals surface area contributed by atoms with Crippen LogP contribution in [0.15, 0.2) is 30.3 Å². The SMILES string of the molecule is CC1(C)CCC(N2CCNC(Cc3ccccc3)C2)C1. The molecule has 3 rings (SSSR count). The monoisotopic (exact) mass is 272 g/mol. The van der Waals surface area contributed by atoms with Crippen LogP contribution in [0.1, 0.15) is 38.7 Å². The molecule has 1 aromatic rings. The maximum absolute atomic E-state index is 3.70. The molecule has 0 spiro atoms. The van der Waals surface area contributed by atoms with Gasteiger partial charge in [-0.3, -0.25) is 4.90 Å². The molecule has 1 saturated heterocycles. The zero-order valence-electron chi connectivity index (χ0n) is 12.9. The summed E-state index contributed by atoms with van der Waals surface area (Å²) in [4.78, 5) is 2.75. The molecule has 0 amide bonds. The first kappa shape index (κ1) is 14.1. The van der Waals surface area contributed by atoms with Crippen LogP contribution in [-0.2, 0) is 6.42 Å². The minimum absolute atomic E-state index is 0.560. The molecule has 1 heterocycles. The third kappa shape index (κ3) is 3.42. The van der Waals surface area contributed by atoms with Crippen LogP contribution >= 0.6 is 0 Å². The third-order valence-electron chi connectivity index (χ3n) is 5.07. The van der Waals surface area contributed by atoms with Crippen molar-refractivity contribution in [2.75, 3.05) is 19.6 Å². The molecule has 1 aliphatic heterocycles. The van der Waals surface area contributed by atoms with E-state index in [4.69, 9.17) is 0 Å². The van der Waals surface area contributed by atoms with E-state index in [1.807, 2.05) is 0 Å². The van der Waals surface area contributed by atoms with Gasteiger partial charge in [-0.15, -0.1) is 0 Å². The van der Waals surface area contributed by atoms with E-state index in [1.54, 1.807) is 0 Å². The fraction of sp³-hybridized carbons (Fsp3) is 0.667. The molecular formula is C18H28N2. The van der Waals surface area contributed by atoms with Gasteiger partial charge in [0.1, 0.15) is 0 Å². The molecule has 1 aliphatic carbocycles. The third-order valence-corrected chi connectivity index (χ3v) is 5.07. The van der Waals surface area contributed by atoms with Crippen LogP contribution in [0.5, 0.6) is 0 Å². The van der Waals surface area contributed by atoms with Crippen molar-refractivity contribution in [1.29, 1.82) is 0 Å². The Balaban J connectivity index is 1.57. The fourth-order valence-corrected chi connectivity index (χ4v) is 3.93. The van der Waals surface area contributed by atoms with Crippen LogP contribution in [0.2, 0.25) is 0 Å². The second-order valence-electron chi connectivity index (χ2n) is 7.40. The van der Waals surface area contributed by atoms with Gasteiger partial charge in [0.15, 0.2) is 0 Å². The number of rotatable bonds is 3. The van der Waals surface area contributed by atoms with Gasteiger partial charge in [0.25, 0.3) is 0 Å². The summed E-state index contributed by atoms with van der Waals surface area (Å²) in [5.74, 6) is 0. The zero-order valence-corrected chi connectivity index (χ0v) is 12.9. The van der Waals surface area contributed by atoms with E-state index in [0.29, 0.717) is 11.5 Å². The van der Waals surface area contributed by atoms with Gasteiger partial charge in [-0.25, -0.2) is 0 Å². The van der Waals surface area contributed by atoms with Crippen LogP contribution < -0.4 is 5.32 Å². The molecule has 0 bridgehead atoms. The van der Waals surface area contributed by atoms with Gasteiger partial charge in [-0.2, -0.15) is 0 Å². The highest BCUT2D eigenvalue weighted by molar-refractivity contribution is 5.16. The summed E-state index contributed by atoms with van der Waals surface area (Å²) >= 11 is 0. The summed E-state index contributed by atoms with van der Waals surface area (Å²) in [6.45, 7) is 8.45. The van der Waals surface area contributed by atoms with Crippen molar-refractivity contribution in [3.8, 4) is 0 Å². The molecule has 0 aromatic heterocycles. The first-order chi connectivity index (χ1) is 9.62. The Bertz CT molecular complexity index is 426. The van der Waals surface area contributed by atoms with E-state index >= 15 is 0 Å². The summed E-state index contributed by atoms with van der Waals surface area (Å²) in [6.07, 6.45) is 5.33. The van der Waals surface area contributed by atoms with Crippen LogP contribution in [0.25, 0.3) is 0 Å². The lowest BCUT2D eigenvalue weighted by Crippen LogP contribution is -2.54. The van der Waals surface area contributed by atoms with Gasteiger partial charge in [-0.1, -0.05) is 44.2 Å². The lowest BCUT2D eigenvalue weighted by molar-refractivity contribution is 0.137. The minimum Gasteiger partial charge on any atom is -0.311 e. The summed E-state index contributed by atoms with van der Waals surface area (Å²) < 4.78 is 0. The van der Waals surface area contributed by atoms with Gasteiger partial charge in [-0.05, 0) is 36.7 Å². The smallest absolute Gasteiger partial charge is 0.0236 e. The molecule has 1 N–H and O–H groups in total. The molecule has 2 heteroatoms. The number of piperazine rings is 1. The van der Waals surface area contributed by atoms with E-state index in [-0.39, 0.29) is 0 Å². The average molecular weight is 272 g/mol. The topological polar surface area (TPSA) is 15.3 Å². The van der Waals surface area contributed by atoms with Gasteiger partial charge < -0.3 is 5.32 Å². The standard InChI is InChI=1S/C18H28N2/c1-18(2)9-8-17(13-18)20-11-10-19-16(14-20)12-15-6-4-3-5-7-15/h3-7,16-17,19H,8-14H2,1-2H3. The van der Waals surface area contributed by atoms with E-state index in [9.17, 15) is 0 Å². The number of hydrogen-bond acceptors (Lipinski definition) is 2. The summed E-state index contributed by atoms with van der Waals surface area (Å²) in [5.41, 5.74) is 2.02. The van der Waals surface area contributed by atoms with Crippen LogP contribution in [0, 0.1) is 5.41 Å². The predicted octanol–water partition coefficient (Wildman–Crippen LogP) is 3.08. The molecule has 2 aliphatic rings. The van der Waals surface area contributed by atoms with Crippen molar-refractivity contribution < 1.29 is 0 Å². The van der Waals surface area contributed by atoms with E-state index < -0.39 is 0 Å². The maximum atomic E-state index is 3.70. The Morgan fingerprint density at radius 2 is 2.05 bits per heavy atom. The van der Waals surface area contributed by atoms with Crippen molar-refractivity contribution in [2.45, 2.75) is 51.6 Å². The fourth-order valence-electron chi connectivity index (χ4n) is 3.93. The van der Waals surface area contributed by atoms with Crippen molar-refractivity contribution >= 4 is 0 Å². The molecular weight excluding hydrogens is 244 g/mol. The molecule has 2 fully saturated rings. The second-order valence-corrected chi connectivity index (χ2v) is 7.40. The average Bonchev–Trinajstić information content (AvgIpc) is 2.81. The molecule has 110 valence electrons. The van der Waals surface area contributed by atoms with Crippen LogP contribution in [0.4, 0.5) is 0 Å². The quantitative estimate of drug-likeness (QED) is 0.909. The molecule has 20 heavy (non-hydrogen) atoms. The van der Waals surface area contributed by atoms with Gasteiger partial charge >= 0.3 is 0 Å². The second kappa shape index (κ2) is 5.87. The number of benzene rings is 1. The van der Waals surface area contributed by atoms with Gasteiger partial charge in [0.05, 0.1) is 0 Å². The van der Waals surface area contributed by atoms with Crippen molar-refractivity contribution in [2.24, 2.45) is 5.41 Å². The highest BCUT2D eigenvalue weighted by Gasteiger charge is 2.35. The lowest BCUT2D eigenvalue weighted by atomic mass is 9.91. The maximum Gasteiger partial charge on any atom is 0.0236 e. The van der Waals surface area contributed by atoms with Crippen LogP contribution in [0.3, 0.4) is 0 Å². The molecule has 2 nitrogen and oxygen atoms in total. The van der Waals surface area contributed by atoms with E-state index in [0.717, 1.165) is 19.0 Å². The lowest BCUT2D eigenvalue weighted by Gasteiger charge is -2.38. The van der Waals surface area contributed by atoms with Gasteiger partial charge in [0, 0.05) is 31.7 Å². The number of hydrogen-bond donors (Lipinski definition) is 1. The first-order valence-corrected chi connectivity index (χ1v) is 8.14. The molecule has 1 saturated carbocycles. The van der Waals surface area contributed by atoms with E-state index in [1.165, 1.54) is 37.9 Å². The number of nitrogens with one attached hydrogen (secondary N) is 1. The number of nitrogens with zero attached hydrogens (tertiary/aromatic N) is 1. The van der Waals surface area contributed by atoms with E-state index in [2.05, 4.69) is 54.4 Å². The Labute approximate surface area is 123 Å². The Morgan fingerprint density at radius 1 is 1.25 bits per heavy atom. The first-order valence-electron chi connectivity index (χ1n) is 8.14. The van der Waals surface area contributed by atoms with Crippen molar-refractivity contribution in [3.63, 3.8) is 0 Å². The summed E-state index contributed by atoms with van der Waals surface area (Å²) in [7, 11) is 0. The minimum atomic E-state index is 0.560. The van der Waals surface area contributed by atoms with Gasteiger partial charge in [0.2, 0.25) is 0 Å². The molecule has 2 atom stereocenters. The highest BCUT2D eigenvalue weighted by atomic mass is 15.2.